The van der Waals surface area contributed by atoms with Crippen molar-refractivity contribution in [2.24, 2.45) is 0 Å². The number of ether oxygens (including phenoxy) is 2. The van der Waals surface area contributed by atoms with E-state index in [0.717, 1.165) is 5.56 Å². The van der Waals surface area contributed by atoms with Crippen molar-refractivity contribution in [2.45, 2.75) is 13.8 Å². The summed E-state index contributed by atoms with van der Waals surface area (Å²) >= 11 is 0. The Bertz CT molecular complexity index is 768. The van der Waals surface area contributed by atoms with Crippen LogP contribution in [0.15, 0.2) is 48.5 Å². The van der Waals surface area contributed by atoms with Gasteiger partial charge in [0.15, 0.2) is 19.0 Å². The van der Waals surface area contributed by atoms with Crippen molar-refractivity contribution >= 4 is 23.3 Å². The predicted molar refractivity (Wildman–Crippen MR) is 92.7 cm³/mol. The molecule has 1 amide bonds. The minimum Gasteiger partial charge on any atom is -0.482 e. The van der Waals surface area contributed by atoms with Crippen molar-refractivity contribution in [2.75, 3.05) is 18.5 Å². The number of hydrogen-bond acceptors (Lipinski definition) is 5. The zero-order valence-electron chi connectivity index (χ0n) is 14.1. The second kappa shape index (κ2) is 8.63. The van der Waals surface area contributed by atoms with Crippen LogP contribution in [0, 0.1) is 6.92 Å². The molecule has 0 aromatic heterocycles. The van der Waals surface area contributed by atoms with Crippen LogP contribution in [0.2, 0.25) is 0 Å². The first-order valence-corrected chi connectivity index (χ1v) is 7.70. The number of nitrogens with one attached hydrogen (secondary N) is 1. The number of esters is 1. The van der Waals surface area contributed by atoms with Gasteiger partial charge in [0, 0.05) is 18.2 Å². The van der Waals surface area contributed by atoms with E-state index in [2.05, 4.69) is 5.32 Å². The molecule has 0 saturated carbocycles. The average molecular weight is 341 g/mol. The van der Waals surface area contributed by atoms with Gasteiger partial charge in [0.1, 0.15) is 5.75 Å². The normalized spacial score (nSPS) is 10.0. The Morgan fingerprint density at radius 3 is 2.28 bits per heavy atom. The second-order valence-electron chi connectivity index (χ2n) is 5.40. The Morgan fingerprint density at radius 2 is 1.64 bits per heavy atom. The molecule has 2 rings (SSSR count). The number of ketones is 1. The molecule has 2 aromatic carbocycles. The molecule has 0 atom stereocenters. The molecule has 0 aliphatic rings. The maximum Gasteiger partial charge on any atom is 0.344 e. The smallest absolute Gasteiger partial charge is 0.344 e. The second-order valence-corrected chi connectivity index (χ2v) is 5.40. The van der Waals surface area contributed by atoms with Crippen molar-refractivity contribution in [3.8, 4) is 5.75 Å². The molecule has 0 heterocycles. The summed E-state index contributed by atoms with van der Waals surface area (Å²) < 4.78 is 10.3. The predicted octanol–water partition coefficient (Wildman–Crippen LogP) is 2.76. The zero-order chi connectivity index (χ0) is 18.2. The van der Waals surface area contributed by atoms with Gasteiger partial charge in [0.2, 0.25) is 5.91 Å². The largest absolute Gasteiger partial charge is 0.482 e. The highest BCUT2D eigenvalue weighted by Gasteiger charge is 2.11. The van der Waals surface area contributed by atoms with Crippen molar-refractivity contribution < 1.29 is 23.9 Å². The fourth-order valence-electron chi connectivity index (χ4n) is 2.07. The van der Waals surface area contributed by atoms with Crippen LogP contribution in [-0.2, 0) is 14.3 Å². The monoisotopic (exact) mass is 341 g/mol. The van der Waals surface area contributed by atoms with Crippen molar-refractivity contribution in [1.82, 2.24) is 0 Å². The van der Waals surface area contributed by atoms with E-state index in [1.54, 1.807) is 30.3 Å². The van der Waals surface area contributed by atoms with Gasteiger partial charge in [-0.3, -0.25) is 9.59 Å². The number of Topliss-reactive ketones (excluding diaryl/α,β-unsaturated/α-hetero) is 1. The highest BCUT2D eigenvalue weighted by molar-refractivity contribution is 5.98. The lowest BCUT2D eigenvalue weighted by Crippen LogP contribution is -2.19. The number of para-hydroxylation sites is 1. The van der Waals surface area contributed by atoms with E-state index in [1.165, 1.54) is 6.92 Å². The fraction of sp³-hybridized carbons (Fsp3) is 0.211. The molecule has 6 heteroatoms. The number of rotatable bonds is 7. The van der Waals surface area contributed by atoms with Gasteiger partial charge in [0.05, 0.1) is 0 Å². The fourth-order valence-corrected chi connectivity index (χ4v) is 2.07. The number of anilines is 1. The van der Waals surface area contributed by atoms with E-state index in [4.69, 9.17) is 9.47 Å². The number of carbonyl (C=O) groups excluding carboxylic acids is 3. The Kier molecular flexibility index (Phi) is 6.28. The first-order chi connectivity index (χ1) is 12.0. The number of carbonyl (C=O) groups is 3. The summed E-state index contributed by atoms with van der Waals surface area (Å²) in [5.74, 6) is -0.550. The van der Waals surface area contributed by atoms with Crippen LogP contribution < -0.4 is 10.1 Å². The van der Waals surface area contributed by atoms with E-state index in [1.807, 2.05) is 25.1 Å². The SMILES string of the molecule is CC(=O)Nc1ccc(C(=O)COC(=O)COc2ccccc2C)cc1. The molecule has 0 saturated heterocycles. The highest BCUT2D eigenvalue weighted by Crippen LogP contribution is 2.16. The minimum absolute atomic E-state index is 0.193. The Hall–Kier alpha value is -3.15. The summed E-state index contributed by atoms with van der Waals surface area (Å²) in [6, 6.07) is 13.6. The summed E-state index contributed by atoms with van der Waals surface area (Å²) in [6.45, 7) is 2.64. The molecular formula is C19H19NO5. The number of hydrogen-bond donors (Lipinski definition) is 1. The van der Waals surface area contributed by atoms with E-state index >= 15 is 0 Å². The third kappa shape index (κ3) is 5.76. The molecule has 0 spiro atoms. The molecule has 0 fully saturated rings. The first-order valence-electron chi connectivity index (χ1n) is 7.70. The lowest BCUT2D eigenvalue weighted by atomic mass is 10.1. The molecule has 1 N–H and O–H groups in total. The van der Waals surface area contributed by atoms with E-state index < -0.39 is 5.97 Å². The first kappa shape index (κ1) is 18.2. The molecule has 0 radical (unpaired) electrons. The lowest BCUT2D eigenvalue weighted by molar-refractivity contribution is -0.144. The van der Waals surface area contributed by atoms with E-state index in [0.29, 0.717) is 17.0 Å². The molecule has 130 valence electrons. The van der Waals surface area contributed by atoms with Crippen LogP contribution in [-0.4, -0.2) is 30.9 Å². The molecule has 0 aliphatic heterocycles. The third-order valence-corrected chi connectivity index (χ3v) is 3.33. The Labute approximate surface area is 145 Å². The maximum absolute atomic E-state index is 12.0. The molecule has 0 bridgehead atoms. The van der Waals surface area contributed by atoms with Crippen molar-refractivity contribution in [1.29, 1.82) is 0 Å². The Balaban J connectivity index is 1.80. The van der Waals surface area contributed by atoms with Crippen LogP contribution >= 0.6 is 0 Å². The molecule has 6 nitrogen and oxygen atoms in total. The van der Waals surface area contributed by atoms with Gasteiger partial charge in [-0.15, -0.1) is 0 Å². The van der Waals surface area contributed by atoms with Gasteiger partial charge in [-0.1, -0.05) is 18.2 Å². The number of benzene rings is 2. The van der Waals surface area contributed by atoms with Crippen molar-refractivity contribution in [3.05, 3.63) is 59.7 Å². The topological polar surface area (TPSA) is 81.7 Å². The van der Waals surface area contributed by atoms with Gasteiger partial charge in [0.25, 0.3) is 0 Å². The van der Waals surface area contributed by atoms with Gasteiger partial charge >= 0.3 is 5.97 Å². The van der Waals surface area contributed by atoms with Gasteiger partial charge in [-0.2, -0.15) is 0 Å². The highest BCUT2D eigenvalue weighted by atomic mass is 16.6. The maximum atomic E-state index is 12.0. The van der Waals surface area contributed by atoms with Gasteiger partial charge in [-0.05, 0) is 42.8 Å². The summed E-state index contributed by atoms with van der Waals surface area (Å²) in [6.07, 6.45) is 0. The Morgan fingerprint density at radius 1 is 0.960 bits per heavy atom. The molecule has 0 unspecified atom stereocenters. The molecular weight excluding hydrogens is 322 g/mol. The van der Waals surface area contributed by atoms with E-state index in [-0.39, 0.29) is 24.9 Å². The summed E-state index contributed by atoms with van der Waals surface area (Å²) in [7, 11) is 0. The van der Waals surface area contributed by atoms with Gasteiger partial charge in [-0.25, -0.2) is 4.79 Å². The minimum atomic E-state index is -0.619. The summed E-state index contributed by atoms with van der Waals surface area (Å²) in [5, 5.41) is 2.61. The van der Waals surface area contributed by atoms with Crippen LogP contribution in [0.5, 0.6) is 5.75 Å². The number of amides is 1. The third-order valence-electron chi connectivity index (χ3n) is 3.33. The van der Waals surface area contributed by atoms with Crippen LogP contribution in [0.3, 0.4) is 0 Å². The molecule has 25 heavy (non-hydrogen) atoms. The van der Waals surface area contributed by atoms with Crippen LogP contribution in [0.1, 0.15) is 22.8 Å². The van der Waals surface area contributed by atoms with Crippen molar-refractivity contribution in [3.63, 3.8) is 0 Å². The van der Waals surface area contributed by atoms with Crippen LogP contribution in [0.25, 0.3) is 0 Å². The average Bonchev–Trinajstić information content (AvgIpc) is 2.59. The summed E-state index contributed by atoms with van der Waals surface area (Å²) in [5.41, 5.74) is 1.89. The van der Waals surface area contributed by atoms with E-state index in [9.17, 15) is 14.4 Å². The number of aryl methyl sites for hydroxylation is 1. The molecule has 0 aliphatic carbocycles. The summed E-state index contributed by atoms with van der Waals surface area (Å²) in [4.78, 5) is 34.6. The zero-order valence-corrected chi connectivity index (χ0v) is 14.1. The van der Waals surface area contributed by atoms with Gasteiger partial charge < -0.3 is 14.8 Å². The van der Waals surface area contributed by atoms with Crippen LogP contribution in [0.4, 0.5) is 5.69 Å². The quantitative estimate of drug-likeness (QED) is 0.618. The standard InChI is InChI=1S/C19H19NO5/c1-13-5-3-4-6-18(13)24-12-19(23)25-11-17(22)15-7-9-16(10-8-15)20-14(2)21/h3-10H,11-12H2,1-2H3,(H,20,21). The molecule has 2 aromatic rings. The lowest BCUT2D eigenvalue weighted by Gasteiger charge is -2.09.